The van der Waals surface area contributed by atoms with E-state index in [-0.39, 0.29) is 0 Å². The highest BCUT2D eigenvalue weighted by atomic mass is 14.1. The fourth-order valence-electron chi connectivity index (χ4n) is 7.46. The number of rotatable bonds is 41. The van der Waals surface area contributed by atoms with Gasteiger partial charge in [0.15, 0.2) is 0 Å². The van der Waals surface area contributed by atoms with E-state index in [9.17, 15) is 0 Å². The first-order valence-electron chi connectivity index (χ1n) is 22.3. The number of hydrogen-bond acceptors (Lipinski definition) is 0. The van der Waals surface area contributed by atoms with E-state index in [2.05, 4.69) is 20.8 Å². The Balaban J connectivity index is 3.09. The zero-order valence-electron chi connectivity index (χ0n) is 32.6. The molecule has 1 unspecified atom stereocenters. The van der Waals surface area contributed by atoms with Gasteiger partial charge in [-0.2, -0.15) is 0 Å². The lowest BCUT2D eigenvalue weighted by Crippen LogP contribution is -1.95. The first-order chi connectivity index (χ1) is 22.3. The second-order valence-corrected chi connectivity index (χ2v) is 15.8. The first-order valence-corrected chi connectivity index (χ1v) is 22.3. The van der Waals surface area contributed by atoms with E-state index in [1.165, 1.54) is 263 Å². The van der Waals surface area contributed by atoms with Gasteiger partial charge in [-0.25, -0.2) is 0 Å². The average molecular weight is 633 g/mol. The van der Waals surface area contributed by atoms with E-state index in [0.29, 0.717) is 0 Å². The van der Waals surface area contributed by atoms with Crippen molar-refractivity contribution in [2.45, 2.75) is 284 Å². The molecule has 0 aliphatic carbocycles. The van der Waals surface area contributed by atoms with Crippen LogP contribution in [-0.4, -0.2) is 0 Å². The summed E-state index contributed by atoms with van der Waals surface area (Å²) in [4.78, 5) is 0. The van der Waals surface area contributed by atoms with Gasteiger partial charge < -0.3 is 0 Å². The maximum atomic E-state index is 2.50. The Hall–Kier alpha value is 0. The van der Waals surface area contributed by atoms with E-state index < -0.39 is 0 Å². The lowest BCUT2D eigenvalue weighted by molar-refractivity contribution is 0.430. The highest BCUT2D eigenvalue weighted by Crippen LogP contribution is 2.20. The van der Waals surface area contributed by atoms with Crippen molar-refractivity contribution in [1.82, 2.24) is 0 Å². The Bertz CT molecular complexity index is 480. The molecule has 0 nitrogen and oxygen atoms in total. The average Bonchev–Trinajstić information content (AvgIpc) is 3.05. The molecule has 0 aromatic heterocycles. The third kappa shape index (κ3) is 42.0. The van der Waals surface area contributed by atoms with Crippen LogP contribution in [-0.2, 0) is 0 Å². The van der Waals surface area contributed by atoms with Gasteiger partial charge in [0, 0.05) is 0 Å². The molecule has 0 amide bonds. The van der Waals surface area contributed by atoms with Crippen molar-refractivity contribution in [1.29, 1.82) is 0 Å². The number of hydrogen-bond donors (Lipinski definition) is 0. The Morgan fingerprint density at radius 3 is 0.489 bits per heavy atom. The van der Waals surface area contributed by atoms with E-state index >= 15 is 0 Å². The van der Waals surface area contributed by atoms with Crippen LogP contribution in [0.1, 0.15) is 284 Å². The van der Waals surface area contributed by atoms with E-state index in [1.807, 2.05) is 0 Å². The highest BCUT2D eigenvalue weighted by Gasteiger charge is 2.02. The summed E-state index contributed by atoms with van der Waals surface area (Å²) in [5.74, 6) is 0.967. The Morgan fingerprint density at radius 2 is 0.333 bits per heavy atom. The molecule has 0 saturated carbocycles. The van der Waals surface area contributed by atoms with Crippen molar-refractivity contribution < 1.29 is 0 Å². The quantitative estimate of drug-likeness (QED) is 0.0588. The second kappa shape index (κ2) is 42.0. The fourth-order valence-corrected chi connectivity index (χ4v) is 7.46. The summed E-state index contributed by atoms with van der Waals surface area (Å²) < 4.78 is 0. The second-order valence-electron chi connectivity index (χ2n) is 15.8. The summed E-state index contributed by atoms with van der Waals surface area (Å²) in [5, 5.41) is 0. The molecule has 0 aromatic rings. The summed E-state index contributed by atoms with van der Waals surface area (Å²) in [6, 6.07) is 0. The lowest BCUT2D eigenvalue weighted by atomic mass is 9.95. The van der Waals surface area contributed by atoms with Crippen LogP contribution >= 0.6 is 0 Å². The molecule has 0 aromatic carbocycles. The summed E-state index contributed by atoms with van der Waals surface area (Å²) in [6.07, 6.45) is 60.7. The maximum absolute atomic E-state index is 2.50. The summed E-state index contributed by atoms with van der Waals surface area (Å²) in [6.45, 7) is 7.12. The SMILES string of the molecule is CCCCCCCCCCCCCCCCCCCCCCCCCCCCCCCCCCC(C)CCCCCCCCC. The van der Waals surface area contributed by atoms with E-state index in [4.69, 9.17) is 0 Å². The van der Waals surface area contributed by atoms with E-state index in [1.54, 1.807) is 0 Å². The summed E-state index contributed by atoms with van der Waals surface area (Å²) in [5.41, 5.74) is 0. The largest absolute Gasteiger partial charge is 0.0654 e. The van der Waals surface area contributed by atoms with Crippen molar-refractivity contribution in [3.63, 3.8) is 0 Å². The number of unbranched alkanes of at least 4 members (excludes halogenated alkanes) is 37. The minimum Gasteiger partial charge on any atom is -0.0654 e. The van der Waals surface area contributed by atoms with Crippen molar-refractivity contribution in [3.8, 4) is 0 Å². The molecule has 0 aliphatic rings. The van der Waals surface area contributed by atoms with Gasteiger partial charge in [-0.3, -0.25) is 0 Å². The maximum Gasteiger partial charge on any atom is -0.0443 e. The van der Waals surface area contributed by atoms with Gasteiger partial charge in [0.05, 0.1) is 0 Å². The third-order valence-corrected chi connectivity index (χ3v) is 10.9. The van der Waals surface area contributed by atoms with Gasteiger partial charge >= 0.3 is 0 Å². The Kier molecular flexibility index (Phi) is 42.0. The van der Waals surface area contributed by atoms with Crippen molar-refractivity contribution >= 4 is 0 Å². The Labute approximate surface area is 289 Å². The highest BCUT2D eigenvalue weighted by molar-refractivity contribution is 4.57. The van der Waals surface area contributed by atoms with Crippen LogP contribution in [0.3, 0.4) is 0 Å². The van der Waals surface area contributed by atoms with Crippen LogP contribution in [0.15, 0.2) is 0 Å². The molecular weight excluding hydrogens is 540 g/mol. The lowest BCUT2D eigenvalue weighted by Gasteiger charge is -2.11. The van der Waals surface area contributed by atoms with Crippen molar-refractivity contribution in [2.75, 3.05) is 0 Å². The zero-order chi connectivity index (χ0) is 32.6. The van der Waals surface area contributed by atoms with Gasteiger partial charge in [0.1, 0.15) is 0 Å². The van der Waals surface area contributed by atoms with Gasteiger partial charge in [-0.05, 0) is 5.92 Å². The van der Waals surface area contributed by atoms with Crippen LogP contribution in [0, 0.1) is 5.92 Å². The van der Waals surface area contributed by atoms with Gasteiger partial charge in [-0.15, -0.1) is 0 Å². The van der Waals surface area contributed by atoms with Gasteiger partial charge in [0.2, 0.25) is 0 Å². The van der Waals surface area contributed by atoms with Crippen LogP contribution in [0.2, 0.25) is 0 Å². The predicted molar refractivity (Wildman–Crippen MR) is 210 cm³/mol. The monoisotopic (exact) mass is 633 g/mol. The van der Waals surface area contributed by atoms with Crippen molar-refractivity contribution in [3.05, 3.63) is 0 Å². The minimum atomic E-state index is 0.967. The van der Waals surface area contributed by atoms with Crippen LogP contribution in [0.25, 0.3) is 0 Å². The molecule has 0 fully saturated rings. The third-order valence-electron chi connectivity index (χ3n) is 10.9. The summed E-state index contributed by atoms with van der Waals surface area (Å²) >= 11 is 0. The topological polar surface area (TPSA) is 0 Å². The molecule has 0 bridgehead atoms. The molecule has 45 heavy (non-hydrogen) atoms. The molecule has 0 N–H and O–H groups in total. The minimum absolute atomic E-state index is 0.967. The summed E-state index contributed by atoms with van der Waals surface area (Å²) in [7, 11) is 0. The van der Waals surface area contributed by atoms with Crippen LogP contribution in [0.5, 0.6) is 0 Å². The molecule has 1 atom stereocenters. The van der Waals surface area contributed by atoms with Gasteiger partial charge in [-0.1, -0.05) is 284 Å². The smallest absolute Gasteiger partial charge is 0.0443 e. The molecule has 0 radical (unpaired) electrons. The van der Waals surface area contributed by atoms with Crippen molar-refractivity contribution in [2.24, 2.45) is 5.92 Å². The molecule has 0 saturated heterocycles. The zero-order valence-corrected chi connectivity index (χ0v) is 32.6. The standard InChI is InChI=1S/C45H92/c1-4-6-8-10-12-13-14-15-16-17-18-19-20-21-22-23-24-25-26-27-28-29-30-31-32-33-34-35-36-38-40-42-44-45(3)43-41-39-37-11-9-7-5-2/h45H,4-44H2,1-3H3. The molecule has 0 spiro atoms. The predicted octanol–water partition coefficient (Wildman–Crippen LogP) is 17.7. The molecule has 0 aliphatic heterocycles. The molecular formula is C45H92. The molecule has 272 valence electrons. The normalized spacial score (nSPS) is 12.3. The van der Waals surface area contributed by atoms with E-state index in [0.717, 1.165) is 5.92 Å². The fraction of sp³-hybridized carbons (Fsp3) is 1.00. The van der Waals surface area contributed by atoms with Crippen LogP contribution < -0.4 is 0 Å². The van der Waals surface area contributed by atoms with Crippen LogP contribution in [0.4, 0.5) is 0 Å². The molecule has 0 rings (SSSR count). The Morgan fingerprint density at radius 1 is 0.200 bits per heavy atom. The molecule has 0 heterocycles. The molecule has 0 heteroatoms. The first kappa shape index (κ1) is 45.0. The van der Waals surface area contributed by atoms with Gasteiger partial charge in [0.25, 0.3) is 0 Å².